The van der Waals surface area contributed by atoms with Crippen molar-refractivity contribution in [1.29, 1.82) is 0 Å². The molecule has 0 amide bonds. The first kappa shape index (κ1) is 32.9. The second kappa shape index (κ2) is 12.5. The van der Waals surface area contributed by atoms with Crippen molar-refractivity contribution in [3.8, 4) is 56.7 Å². The summed E-state index contributed by atoms with van der Waals surface area (Å²) in [5.41, 5.74) is 20.9. The van der Waals surface area contributed by atoms with Crippen LogP contribution in [0.15, 0.2) is 54.6 Å². The lowest BCUT2D eigenvalue weighted by Crippen LogP contribution is -2.08. The van der Waals surface area contributed by atoms with Crippen LogP contribution >= 0.6 is 0 Å². The standard InChI is InChI=1S/C43H45N5/c1-22-13-15-34(17-24(22)3)36-19-37(35-16-14-23(2)25(4)18-35)21-38(20-36)41-46-42(39-30(9)26(5)28(7)32(11)44-39)48-43(47-41)40-31(10)27(6)29(8)33(12)45-40/h13-21H,1-12H3. The summed E-state index contributed by atoms with van der Waals surface area (Å²) in [6.07, 6.45) is 0. The molecule has 0 saturated heterocycles. The molecule has 0 spiro atoms. The van der Waals surface area contributed by atoms with Crippen LogP contribution in [0.25, 0.3) is 56.7 Å². The molecule has 3 heterocycles. The maximum atomic E-state index is 5.18. The number of nitrogens with zero attached hydrogens (tertiary/aromatic N) is 5. The van der Waals surface area contributed by atoms with E-state index in [9.17, 15) is 0 Å². The van der Waals surface area contributed by atoms with Crippen molar-refractivity contribution in [3.05, 3.63) is 122 Å². The number of pyridine rings is 2. The first-order valence-corrected chi connectivity index (χ1v) is 16.7. The number of rotatable bonds is 5. The highest BCUT2D eigenvalue weighted by Gasteiger charge is 2.21. The van der Waals surface area contributed by atoms with Crippen molar-refractivity contribution in [2.75, 3.05) is 0 Å². The van der Waals surface area contributed by atoms with Crippen molar-refractivity contribution in [2.24, 2.45) is 0 Å². The Morgan fingerprint density at radius 1 is 0.292 bits per heavy atom. The van der Waals surface area contributed by atoms with E-state index in [2.05, 4.69) is 138 Å². The van der Waals surface area contributed by atoms with Crippen LogP contribution in [0, 0.1) is 83.1 Å². The lowest BCUT2D eigenvalue weighted by Gasteiger charge is -2.16. The molecule has 0 unspecified atom stereocenters. The molecule has 6 rings (SSSR count). The zero-order valence-electron chi connectivity index (χ0n) is 30.4. The molecule has 48 heavy (non-hydrogen) atoms. The Morgan fingerprint density at radius 2 is 0.667 bits per heavy atom. The molecule has 0 bridgehead atoms. The zero-order chi connectivity index (χ0) is 34.6. The minimum atomic E-state index is 0.556. The molecule has 5 heteroatoms. The SMILES string of the molecule is Cc1ccc(-c2cc(-c3ccc(C)c(C)c3)cc(-c3nc(-c4nc(C)c(C)c(C)c4C)nc(-c4nc(C)c(C)c(C)c4C)n3)c2)cc1C. The molecule has 0 N–H and O–H groups in total. The Bertz CT molecular complexity index is 2110. The van der Waals surface area contributed by atoms with Crippen LogP contribution in [-0.2, 0) is 0 Å². The highest BCUT2D eigenvalue weighted by atomic mass is 15.1. The topological polar surface area (TPSA) is 64.5 Å². The average Bonchev–Trinajstić information content (AvgIpc) is 3.08. The average molecular weight is 632 g/mol. The van der Waals surface area contributed by atoms with Gasteiger partial charge in [-0.25, -0.2) is 24.9 Å². The molecule has 3 aromatic carbocycles. The van der Waals surface area contributed by atoms with Crippen LogP contribution in [0.2, 0.25) is 0 Å². The minimum Gasteiger partial charge on any atom is -0.249 e. The van der Waals surface area contributed by atoms with Gasteiger partial charge in [0.2, 0.25) is 0 Å². The first-order chi connectivity index (χ1) is 22.7. The molecule has 242 valence electrons. The summed E-state index contributed by atoms with van der Waals surface area (Å²) in [7, 11) is 0. The molecular weight excluding hydrogens is 587 g/mol. The predicted molar refractivity (Wildman–Crippen MR) is 199 cm³/mol. The monoisotopic (exact) mass is 631 g/mol. The van der Waals surface area contributed by atoms with E-state index in [4.69, 9.17) is 24.9 Å². The maximum Gasteiger partial charge on any atom is 0.182 e. The van der Waals surface area contributed by atoms with Gasteiger partial charge in [0.25, 0.3) is 0 Å². The smallest absolute Gasteiger partial charge is 0.182 e. The first-order valence-electron chi connectivity index (χ1n) is 16.7. The Balaban J connectivity index is 1.68. The quantitative estimate of drug-likeness (QED) is 0.189. The second-order valence-corrected chi connectivity index (χ2v) is 13.5. The van der Waals surface area contributed by atoms with Gasteiger partial charge in [0, 0.05) is 17.0 Å². The molecule has 3 aromatic heterocycles. The lowest BCUT2D eigenvalue weighted by atomic mass is 9.93. The van der Waals surface area contributed by atoms with Crippen LogP contribution in [-0.4, -0.2) is 24.9 Å². The van der Waals surface area contributed by atoms with Gasteiger partial charge in [0.15, 0.2) is 17.5 Å². The van der Waals surface area contributed by atoms with Gasteiger partial charge in [-0.15, -0.1) is 0 Å². The number of hydrogen-bond acceptors (Lipinski definition) is 5. The molecule has 6 aromatic rings. The van der Waals surface area contributed by atoms with E-state index < -0.39 is 0 Å². The Morgan fingerprint density at radius 3 is 1.06 bits per heavy atom. The Hall–Kier alpha value is -5.03. The zero-order valence-corrected chi connectivity index (χ0v) is 30.4. The number of benzene rings is 3. The summed E-state index contributed by atoms with van der Waals surface area (Å²) < 4.78 is 0. The number of aryl methyl sites for hydroxylation is 6. The van der Waals surface area contributed by atoms with Gasteiger partial charge >= 0.3 is 0 Å². The van der Waals surface area contributed by atoms with Gasteiger partial charge in [0.05, 0.1) is 0 Å². The molecule has 0 atom stereocenters. The van der Waals surface area contributed by atoms with E-state index >= 15 is 0 Å². The van der Waals surface area contributed by atoms with Crippen molar-refractivity contribution in [1.82, 2.24) is 24.9 Å². The van der Waals surface area contributed by atoms with E-state index in [-0.39, 0.29) is 0 Å². The van der Waals surface area contributed by atoms with Crippen molar-refractivity contribution < 1.29 is 0 Å². The van der Waals surface area contributed by atoms with Gasteiger partial charge in [0.1, 0.15) is 11.4 Å². The van der Waals surface area contributed by atoms with Crippen LogP contribution in [0.1, 0.15) is 67.0 Å². The minimum absolute atomic E-state index is 0.556. The van der Waals surface area contributed by atoms with E-state index in [0.29, 0.717) is 17.5 Å². The molecule has 0 radical (unpaired) electrons. The number of aromatic nitrogens is 5. The van der Waals surface area contributed by atoms with Crippen molar-refractivity contribution in [2.45, 2.75) is 83.1 Å². The molecule has 0 aliphatic heterocycles. The van der Waals surface area contributed by atoms with Gasteiger partial charge in [-0.3, -0.25) is 0 Å². The fraction of sp³-hybridized carbons (Fsp3) is 0.279. The summed E-state index contributed by atoms with van der Waals surface area (Å²) in [6.45, 7) is 25.5. The summed E-state index contributed by atoms with van der Waals surface area (Å²) in [5.74, 6) is 1.71. The van der Waals surface area contributed by atoms with Crippen LogP contribution < -0.4 is 0 Å². The summed E-state index contributed by atoms with van der Waals surface area (Å²) >= 11 is 0. The second-order valence-electron chi connectivity index (χ2n) is 13.5. The fourth-order valence-corrected chi connectivity index (χ4v) is 6.22. The van der Waals surface area contributed by atoms with Crippen molar-refractivity contribution in [3.63, 3.8) is 0 Å². The largest absolute Gasteiger partial charge is 0.249 e. The van der Waals surface area contributed by atoms with E-state index in [0.717, 1.165) is 61.7 Å². The maximum absolute atomic E-state index is 5.18. The Labute approximate surface area is 285 Å². The highest BCUT2D eigenvalue weighted by molar-refractivity contribution is 5.81. The molecule has 5 nitrogen and oxygen atoms in total. The molecular formula is C43H45N5. The van der Waals surface area contributed by atoms with Crippen LogP contribution in [0.4, 0.5) is 0 Å². The summed E-state index contributed by atoms with van der Waals surface area (Å²) in [5, 5.41) is 0. The third-order valence-electron chi connectivity index (χ3n) is 10.5. The fourth-order valence-electron chi connectivity index (χ4n) is 6.22. The van der Waals surface area contributed by atoms with Crippen LogP contribution in [0.3, 0.4) is 0 Å². The number of hydrogen-bond donors (Lipinski definition) is 0. The van der Waals surface area contributed by atoms with Gasteiger partial charge < -0.3 is 0 Å². The summed E-state index contributed by atoms with van der Waals surface area (Å²) in [6, 6.07) is 20.0. The molecule has 0 aliphatic carbocycles. The highest BCUT2D eigenvalue weighted by Crippen LogP contribution is 2.36. The van der Waals surface area contributed by atoms with Gasteiger partial charge in [-0.2, -0.15) is 0 Å². The van der Waals surface area contributed by atoms with Crippen molar-refractivity contribution >= 4 is 0 Å². The van der Waals surface area contributed by atoms with Gasteiger partial charge in [-0.05, 0) is 179 Å². The molecule has 0 fully saturated rings. The normalized spacial score (nSPS) is 11.3. The third-order valence-corrected chi connectivity index (χ3v) is 10.5. The van der Waals surface area contributed by atoms with Gasteiger partial charge in [-0.1, -0.05) is 36.4 Å². The Kier molecular flexibility index (Phi) is 8.59. The van der Waals surface area contributed by atoms with Crippen LogP contribution in [0.5, 0.6) is 0 Å². The van der Waals surface area contributed by atoms with E-state index in [1.807, 2.05) is 0 Å². The molecule has 0 aliphatic rings. The molecule has 0 saturated carbocycles. The third kappa shape index (κ3) is 5.94. The van der Waals surface area contributed by atoms with E-state index in [1.165, 1.54) is 44.5 Å². The van der Waals surface area contributed by atoms with E-state index in [1.54, 1.807) is 0 Å². The summed E-state index contributed by atoms with van der Waals surface area (Å²) in [4.78, 5) is 25.5. The lowest BCUT2D eigenvalue weighted by molar-refractivity contribution is 1.00. The predicted octanol–water partition coefficient (Wildman–Crippen LogP) is 10.7.